The minimum absolute atomic E-state index is 0.0401. The van der Waals surface area contributed by atoms with Crippen LogP contribution in [0.3, 0.4) is 0 Å². The van der Waals surface area contributed by atoms with E-state index in [-0.39, 0.29) is 24.5 Å². The predicted octanol–water partition coefficient (Wildman–Crippen LogP) is 4.24. The summed E-state index contributed by atoms with van der Waals surface area (Å²) in [6.45, 7) is 3.97. The summed E-state index contributed by atoms with van der Waals surface area (Å²) in [5.41, 5.74) is 2.34. The molecule has 0 saturated carbocycles. The number of hydrogen-bond donors (Lipinski definition) is 1. The van der Waals surface area contributed by atoms with Crippen LogP contribution in [-0.2, 0) is 0 Å². The number of hydrogen-bond acceptors (Lipinski definition) is 7. The van der Waals surface area contributed by atoms with Crippen molar-refractivity contribution in [3.63, 3.8) is 0 Å². The largest absolute Gasteiger partial charge is 0.459 e. The average molecular weight is 545 g/mol. The smallest absolute Gasteiger partial charge is 0.289 e. The lowest BCUT2D eigenvalue weighted by Gasteiger charge is -2.30. The van der Waals surface area contributed by atoms with Crippen LogP contribution >= 0.6 is 0 Å². The molecular weight excluding hydrogens is 512 g/mol. The first-order valence-corrected chi connectivity index (χ1v) is 13.8. The second-order valence-corrected chi connectivity index (χ2v) is 10.2. The van der Waals surface area contributed by atoms with Gasteiger partial charge < -0.3 is 33.9 Å². The van der Waals surface area contributed by atoms with Gasteiger partial charge in [0.2, 0.25) is 6.79 Å². The molecular formula is C30H32N4O6. The van der Waals surface area contributed by atoms with Crippen LogP contribution < -0.4 is 19.7 Å². The molecule has 0 radical (unpaired) electrons. The lowest BCUT2D eigenvalue weighted by molar-refractivity contribution is 0.0720. The van der Waals surface area contributed by atoms with E-state index in [1.807, 2.05) is 17.0 Å². The summed E-state index contributed by atoms with van der Waals surface area (Å²) in [5.74, 6) is 1.00. The highest BCUT2D eigenvalue weighted by Crippen LogP contribution is 2.33. The highest BCUT2D eigenvalue weighted by molar-refractivity contribution is 6.06. The molecule has 40 heavy (non-hydrogen) atoms. The van der Waals surface area contributed by atoms with Crippen LogP contribution in [0.4, 0.5) is 11.4 Å². The fourth-order valence-electron chi connectivity index (χ4n) is 5.49. The van der Waals surface area contributed by atoms with E-state index in [1.54, 1.807) is 41.3 Å². The summed E-state index contributed by atoms with van der Waals surface area (Å²) in [7, 11) is 0. The quantitative estimate of drug-likeness (QED) is 0.512. The number of nitrogens with zero attached hydrogens (tertiary/aromatic N) is 3. The van der Waals surface area contributed by atoms with Gasteiger partial charge in [0.25, 0.3) is 17.7 Å². The summed E-state index contributed by atoms with van der Waals surface area (Å²) >= 11 is 0. The normalized spacial score (nSPS) is 16.9. The number of nitrogens with one attached hydrogen (secondary N) is 1. The number of likely N-dealkylation sites (tertiary alicyclic amines) is 1. The van der Waals surface area contributed by atoms with E-state index in [0.29, 0.717) is 60.3 Å². The van der Waals surface area contributed by atoms with Crippen molar-refractivity contribution in [2.24, 2.45) is 0 Å². The maximum atomic E-state index is 13.8. The molecule has 6 rings (SSSR count). The molecule has 2 fully saturated rings. The number of carbonyl (C=O) groups is 3. The molecule has 3 aliphatic rings. The highest BCUT2D eigenvalue weighted by atomic mass is 16.7. The zero-order chi connectivity index (χ0) is 27.5. The topological polar surface area (TPSA) is 105 Å². The molecule has 3 aliphatic heterocycles. The molecule has 4 heterocycles. The van der Waals surface area contributed by atoms with E-state index >= 15 is 0 Å². The summed E-state index contributed by atoms with van der Waals surface area (Å²) in [5, 5.41) is 2.94. The number of ether oxygens (including phenoxy) is 2. The number of carbonyl (C=O) groups excluding carboxylic acids is 3. The fourth-order valence-corrected chi connectivity index (χ4v) is 5.49. The van der Waals surface area contributed by atoms with Crippen molar-refractivity contribution in [3.05, 3.63) is 71.7 Å². The molecule has 3 amide bonds. The Morgan fingerprint density at radius 3 is 2.35 bits per heavy atom. The van der Waals surface area contributed by atoms with Crippen LogP contribution in [0.5, 0.6) is 11.5 Å². The summed E-state index contributed by atoms with van der Waals surface area (Å²) < 4.78 is 16.1. The molecule has 1 aromatic heterocycles. The third-order valence-corrected chi connectivity index (χ3v) is 7.62. The van der Waals surface area contributed by atoms with Crippen LogP contribution in [0.2, 0.25) is 0 Å². The van der Waals surface area contributed by atoms with Crippen LogP contribution in [0, 0.1) is 0 Å². The Balaban J connectivity index is 1.24. The Morgan fingerprint density at radius 2 is 1.52 bits per heavy atom. The van der Waals surface area contributed by atoms with Gasteiger partial charge in [-0.3, -0.25) is 14.4 Å². The molecule has 2 saturated heterocycles. The van der Waals surface area contributed by atoms with Gasteiger partial charge in [0.05, 0.1) is 11.8 Å². The maximum absolute atomic E-state index is 13.8. The minimum Gasteiger partial charge on any atom is -0.459 e. The second-order valence-electron chi connectivity index (χ2n) is 10.2. The van der Waals surface area contributed by atoms with Gasteiger partial charge in [0, 0.05) is 56.2 Å². The Bertz CT molecular complexity index is 1400. The van der Waals surface area contributed by atoms with Gasteiger partial charge in [0.1, 0.15) is 0 Å². The van der Waals surface area contributed by atoms with Crippen molar-refractivity contribution < 1.29 is 28.3 Å². The van der Waals surface area contributed by atoms with Crippen LogP contribution in [0.15, 0.2) is 59.2 Å². The maximum Gasteiger partial charge on any atom is 0.289 e. The SMILES string of the molecule is O=C(Nc1ccc(N2CCCN(C(=O)c3ccco3)CC2)c(C(=O)N2CCCCC2)c1)c1ccc2c(c1)OCO2. The number of fused-ring (bicyclic) bond motifs is 1. The Hall–Kier alpha value is -4.47. The predicted molar refractivity (Wildman–Crippen MR) is 148 cm³/mol. The lowest BCUT2D eigenvalue weighted by Crippen LogP contribution is -2.38. The van der Waals surface area contributed by atoms with E-state index in [0.717, 1.165) is 44.5 Å². The minimum atomic E-state index is -0.302. The van der Waals surface area contributed by atoms with Crippen LogP contribution in [0.1, 0.15) is 57.0 Å². The molecule has 3 aromatic rings. The van der Waals surface area contributed by atoms with Crippen LogP contribution in [0.25, 0.3) is 0 Å². The fraction of sp³-hybridized carbons (Fsp3) is 0.367. The Kier molecular flexibility index (Phi) is 7.31. The Labute approximate surface area is 232 Å². The molecule has 0 spiro atoms. The Morgan fingerprint density at radius 1 is 0.725 bits per heavy atom. The van der Waals surface area contributed by atoms with Crippen molar-refractivity contribution in [2.45, 2.75) is 25.7 Å². The third-order valence-electron chi connectivity index (χ3n) is 7.62. The molecule has 1 N–H and O–H groups in total. The third kappa shape index (κ3) is 5.34. The van der Waals surface area contributed by atoms with Gasteiger partial charge in [-0.25, -0.2) is 0 Å². The molecule has 2 aromatic carbocycles. The van der Waals surface area contributed by atoms with E-state index in [4.69, 9.17) is 13.9 Å². The molecule has 0 unspecified atom stereocenters. The number of benzene rings is 2. The number of rotatable bonds is 5. The summed E-state index contributed by atoms with van der Waals surface area (Å²) in [6, 6.07) is 13.9. The number of furan rings is 1. The van der Waals surface area contributed by atoms with E-state index < -0.39 is 0 Å². The molecule has 0 aliphatic carbocycles. The van der Waals surface area contributed by atoms with Crippen molar-refractivity contribution >= 4 is 29.1 Å². The first-order valence-electron chi connectivity index (χ1n) is 13.8. The van der Waals surface area contributed by atoms with Crippen molar-refractivity contribution in [2.75, 3.05) is 56.3 Å². The molecule has 10 heteroatoms. The summed E-state index contributed by atoms with van der Waals surface area (Å²) in [4.78, 5) is 45.6. The second kappa shape index (κ2) is 11.3. The number of piperidine rings is 1. The van der Waals surface area contributed by atoms with E-state index in [9.17, 15) is 14.4 Å². The standard InChI is InChI=1S/C30H32N4O6/c35-28(21-7-10-25-27(18-21)40-20-39-25)31-22-8-9-24(23(19-22)29(36)33-11-2-1-3-12-33)32-13-5-14-34(16-15-32)30(37)26-6-4-17-38-26/h4,6-10,17-19H,1-3,5,11-16,20H2,(H,31,35). The molecule has 0 bridgehead atoms. The zero-order valence-corrected chi connectivity index (χ0v) is 22.3. The van der Waals surface area contributed by atoms with Gasteiger partial charge in [0.15, 0.2) is 17.3 Å². The zero-order valence-electron chi connectivity index (χ0n) is 22.3. The molecule has 0 atom stereocenters. The molecule has 208 valence electrons. The van der Waals surface area contributed by atoms with Crippen LogP contribution in [-0.4, -0.2) is 73.6 Å². The van der Waals surface area contributed by atoms with Gasteiger partial charge in [-0.1, -0.05) is 0 Å². The molecule has 10 nitrogen and oxygen atoms in total. The number of amides is 3. The average Bonchev–Trinajstić information content (AvgIpc) is 3.64. The first-order chi connectivity index (χ1) is 19.6. The van der Waals surface area contributed by atoms with Crippen molar-refractivity contribution in [1.29, 1.82) is 0 Å². The lowest BCUT2D eigenvalue weighted by atomic mass is 10.1. The van der Waals surface area contributed by atoms with Crippen molar-refractivity contribution in [3.8, 4) is 11.5 Å². The number of anilines is 2. The highest BCUT2D eigenvalue weighted by Gasteiger charge is 2.27. The summed E-state index contributed by atoms with van der Waals surface area (Å²) in [6.07, 6.45) is 5.34. The first kappa shape index (κ1) is 25.8. The van der Waals surface area contributed by atoms with Gasteiger partial charge >= 0.3 is 0 Å². The van der Waals surface area contributed by atoms with E-state index in [2.05, 4.69) is 10.2 Å². The van der Waals surface area contributed by atoms with Gasteiger partial charge in [-0.05, 0) is 74.2 Å². The van der Waals surface area contributed by atoms with Gasteiger partial charge in [-0.2, -0.15) is 0 Å². The van der Waals surface area contributed by atoms with Crippen molar-refractivity contribution in [1.82, 2.24) is 9.80 Å². The monoisotopic (exact) mass is 544 g/mol. The van der Waals surface area contributed by atoms with E-state index in [1.165, 1.54) is 6.26 Å². The van der Waals surface area contributed by atoms with Gasteiger partial charge in [-0.15, -0.1) is 0 Å².